The molecule has 0 saturated heterocycles. The lowest BCUT2D eigenvalue weighted by Gasteiger charge is -2.21. The Hall–Kier alpha value is -0.960. The van der Waals surface area contributed by atoms with E-state index in [2.05, 4.69) is 22.2 Å². The molecule has 3 nitrogen and oxygen atoms in total. The Balaban J connectivity index is 1.99. The van der Waals surface area contributed by atoms with E-state index in [9.17, 15) is 0 Å². The van der Waals surface area contributed by atoms with Gasteiger partial charge in [0.1, 0.15) is 6.33 Å². The van der Waals surface area contributed by atoms with Crippen molar-refractivity contribution < 1.29 is 0 Å². The zero-order valence-corrected chi connectivity index (χ0v) is 10.0. The maximum Gasteiger partial charge on any atom is 0.115 e. The van der Waals surface area contributed by atoms with Gasteiger partial charge in [-0.05, 0) is 18.9 Å². The second kappa shape index (κ2) is 5.94. The first kappa shape index (κ1) is 11.5. The van der Waals surface area contributed by atoms with Crippen LogP contribution in [-0.4, -0.2) is 16.5 Å². The standard InChI is InChI=1S/C13H21N3/c1-2-16-13(7-11-5-3-4-6-11)12-8-14-10-15-9-12/h8-11,13,16H,2-7H2,1H3. The van der Waals surface area contributed by atoms with Crippen molar-refractivity contribution in [1.82, 2.24) is 15.3 Å². The van der Waals surface area contributed by atoms with Crippen molar-refractivity contribution in [1.29, 1.82) is 0 Å². The number of aromatic nitrogens is 2. The normalized spacial score (nSPS) is 18.8. The summed E-state index contributed by atoms with van der Waals surface area (Å²) in [7, 11) is 0. The first-order chi connectivity index (χ1) is 7.90. The van der Waals surface area contributed by atoms with E-state index in [-0.39, 0.29) is 0 Å². The van der Waals surface area contributed by atoms with Crippen molar-refractivity contribution in [2.75, 3.05) is 6.54 Å². The SMILES string of the molecule is CCNC(CC1CCCC1)c1cncnc1. The summed E-state index contributed by atoms with van der Waals surface area (Å²) in [6.45, 7) is 3.16. The van der Waals surface area contributed by atoms with E-state index in [1.165, 1.54) is 37.7 Å². The van der Waals surface area contributed by atoms with Gasteiger partial charge in [-0.1, -0.05) is 32.6 Å². The zero-order valence-electron chi connectivity index (χ0n) is 10.0. The topological polar surface area (TPSA) is 37.8 Å². The average molecular weight is 219 g/mol. The van der Waals surface area contributed by atoms with Crippen LogP contribution in [0.25, 0.3) is 0 Å². The molecule has 1 aromatic heterocycles. The minimum atomic E-state index is 0.439. The highest BCUT2D eigenvalue weighted by Gasteiger charge is 2.20. The van der Waals surface area contributed by atoms with Crippen LogP contribution < -0.4 is 5.32 Å². The van der Waals surface area contributed by atoms with Crippen molar-refractivity contribution in [3.8, 4) is 0 Å². The maximum absolute atomic E-state index is 4.11. The summed E-state index contributed by atoms with van der Waals surface area (Å²) in [5.74, 6) is 0.893. The molecule has 0 radical (unpaired) electrons. The predicted octanol–water partition coefficient (Wildman–Crippen LogP) is 2.71. The Morgan fingerprint density at radius 2 is 2.00 bits per heavy atom. The van der Waals surface area contributed by atoms with E-state index in [0.717, 1.165) is 12.5 Å². The maximum atomic E-state index is 4.11. The van der Waals surface area contributed by atoms with Crippen LogP contribution in [0.5, 0.6) is 0 Å². The van der Waals surface area contributed by atoms with Gasteiger partial charge < -0.3 is 5.32 Å². The van der Waals surface area contributed by atoms with Gasteiger partial charge >= 0.3 is 0 Å². The van der Waals surface area contributed by atoms with E-state index < -0.39 is 0 Å². The first-order valence-corrected chi connectivity index (χ1v) is 6.38. The van der Waals surface area contributed by atoms with Gasteiger partial charge in [0.15, 0.2) is 0 Å². The van der Waals surface area contributed by atoms with Crippen LogP contribution in [0.4, 0.5) is 0 Å². The Morgan fingerprint density at radius 1 is 1.31 bits per heavy atom. The molecule has 0 aliphatic heterocycles. The smallest absolute Gasteiger partial charge is 0.115 e. The van der Waals surface area contributed by atoms with Gasteiger partial charge in [-0.2, -0.15) is 0 Å². The molecular weight excluding hydrogens is 198 g/mol. The van der Waals surface area contributed by atoms with E-state index in [1.807, 2.05) is 12.4 Å². The molecule has 16 heavy (non-hydrogen) atoms. The summed E-state index contributed by atoms with van der Waals surface area (Å²) in [5, 5.41) is 3.55. The van der Waals surface area contributed by atoms with E-state index in [4.69, 9.17) is 0 Å². The molecule has 0 amide bonds. The fourth-order valence-electron chi connectivity index (χ4n) is 2.65. The number of rotatable bonds is 5. The molecule has 2 rings (SSSR count). The molecule has 0 aromatic carbocycles. The molecule has 1 N–H and O–H groups in total. The third-order valence-electron chi connectivity index (χ3n) is 3.48. The van der Waals surface area contributed by atoms with Gasteiger partial charge in [-0.3, -0.25) is 0 Å². The number of nitrogens with one attached hydrogen (secondary N) is 1. The first-order valence-electron chi connectivity index (χ1n) is 6.38. The Morgan fingerprint density at radius 3 is 2.62 bits per heavy atom. The van der Waals surface area contributed by atoms with Gasteiger partial charge in [0.05, 0.1) is 0 Å². The molecule has 1 aliphatic carbocycles. The summed E-state index contributed by atoms with van der Waals surface area (Å²) >= 11 is 0. The predicted molar refractivity (Wildman–Crippen MR) is 65.0 cm³/mol. The molecule has 3 heteroatoms. The molecule has 1 fully saturated rings. The monoisotopic (exact) mass is 219 g/mol. The number of hydrogen-bond acceptors (Lipinski definition) is 3. The van der Waals surface area contributed by atoms with Crippen molar-refractivity contribution in [3.63, 3.8) is 0 Å². The molecule has 1 atom stereocenters. The highest BCUT2D eigenvalue weighted by molar-refractivity contribution is 5.09. The summed E-state index contributed by atoms with van der Waals surface area (Å²) in [5.41, 5.74) is 1.23. The van der Waals surface area contributed by atoms with E-state index in [1.54, 1.807) is 6.33 Å². The van der Waals surface area contributed by atoms with E-state index in [0.29, 0.717) is 6.04 Å². The van der Waals surface area contributed by atoms with Crippen LogP contribution in [0.2, 0.25) is 0 Å². The molecular formula is C13H21N3. The van der Waals surface area contributed by atoms with Crippen molar-refractivity contribution >= 4 is 0 Å². The van der Waals surface area contributed by atoms with Gasteiger partial charge in [0.25, 0.3) is 0 Å². The van der Waals surface area contributed by atoms with Crippen molar-refractivity contribution in [2.24, 2.45) is 5.92 Å². The summed E-state index contributed by atoms with van der Waals surface area (Å²) < 4.78 is 0. The number of nitrogens with zero attached hydrogens (tertiary/aromatic N) is 2. The van der Waals surface area contributed by atoms with Crippen LogP contribution in [0.3, 0.4) is 0 Å². The second-order valence-electron chi connectivity index (χ2n) is 4.67. The fraction of sp³-hybridized carbons (Fsp3) is 0.692. The molecule has 88 valence electrons. The fourth-order valence-corrected chi connectivity index (χ4v) is 2.65. The lowest BCUT2D eigenvalue weighted by molar-refractivity contribution is 0.399. The molecule has 0 spiro atoms. The molecule has 1 heterocycles. The van der Waals surface area contributed by atoms with Crippen molar-refractivity contribution in [2.45, 2.75) is 45.1 Å². The van der Waals surface area contributed by atoms with Crippen LogP contribution in [0.1, 0.15) is 50.6 Å². The van der Waals surface area contributed by atoms with Gasteiger partial charge in [-0.15, -0.1) is 0 Å². The van der Waals surface area contributed by atoms with Crippen LogP contribution in [-0.2, 0) is 0 Å². The third-order valence-corrected chi connectivity index (χ3v) is 3.48. The van der Waals surface area contributed by atoms with Crippen LogP contribution in [0.15, 0.2) is 18.7 Å². The molecule has 1 unspecified atom stereocenters. The highest BCUT2D eigenvalue weighted by Crippen LogP contribution is 2.32. The highest BCUT2D eigenvalue weighted by atomic mass is 14.9. The lowest BCUT2D eigenvalue weighted by atomic mass is 9.95. The van der Waals surface area contributed by atoms with Crippen molar-refractivity contribution in [3.05, 3.63) is 24.3 Å². The van der Waals surface area contributed by atoms with E-state index >= 15 is 0 Å². The summed E-state index contributed by atoms with van der Waals surface area (Å²) in [4.78, 5) is 8.22. The zero-order chi connectivity index (χ0) is 11.2. The number of hydrogen-bond donors (Lipinski definition) is 1. The van der Waals surface area contributed by atoms with Crippen LogP contribution in [0, 0.1) is 5.92 Å². The lowest BCUT2D eigenvalue weighted by Crippen LogP contribution is -2.23. The average Bonchev–Trinajstić information content (AvgIpc) is 2.83. The van der Waals surface area contributed by atoms with Gasteiger partial charge in [0.2, 0.25) is 0 Å². The quantitative estimate of drug-likeness (QED) is 0.827. The Labute approximate surface area is 97.7 Å². The Bertz CT molecular complexity index is 293. The molecule has 1 aromatic rings. The molecule has 1 saturated carbocycles. The Kier molecular flexibility index (Phi) is 4.28. The molecule has 0 bridgehead atoms. The van der Waals surface area contributed by atoms with Gasteiger partial charge in [-0.25, -0.2) is 9.97 Å². The molecule has 1 aliphatic rings. The van der Waals surface area contributed by atoms with Gasteiger partial charge in [0, 0.05) is 24.0 Å². The minimum absolute atomic E-state index is 0.439. The summed E-state index contributed by atoms with van der Waals surface area (Å²) in [6, 6.07) is 0.439. The summed E-state index contributed by atoms with van der Waals surface area (Å²) in [6.07, 6.45) is 12.3. The minimum Gasteiger partial charge on any atom is -0.310 e. The second-order valence-corrected chi connectivity index (χ2v) is 4.67. The third kappa shape index (κ3) is 3.01. The van der Waals surface area contributed by atoms with Crippen LogP contribution >= 0.6 is 0 Å². The largest absolute Gasteiger partial charge is 0.310 e.